The maximum Gasteiger partial charge on any atom is 0.407 e. The third-order valence-corrected chi connectivity index (χ3v) is 3.37. The van der Waals surface area contributed by atoms with Gasteiger partial charge in [-0.15, -0.1) is 0 Å². The molecule has 2 aromatic rings. The summed E-state index contributed by atoms with van der Waals surface area (Å²) in [5.74, 6) is 0. The molecule has 6 heteroatoms. The Hall–Kier alpha value is -2.89. The summed E-state index contributed by atoms with van der Waals surface area (Å²) in [6, 6.07) is 14.5. The monoisotopic (exact) mass is 314 g/mol. The van der Waals surface area contributed by atoms with Crippen LogP contribution in [-0.2, 0) is 17.8 Å². The van der Waals surface area contributed by atoms with Crippen LogP contribution in [0.3, 0.4) is 0 Å². The largest absolute Gasteiger partial charge is 0.445 e. The SMILES string of the molecule is Cc1ccc(CCNC(=O)OCc2ccccc2)cc1[N+](=O)[O-]. The topological polar surface area (TPSA) is 81.5 Å². The molecule has 2 rings (SSSR count). The molecule has 0 radical (unpaired) electrons. The maximum atomic E-state index is 11.6. The molecule has 0 aliphatic rings. The van der Waals surface area contributed by atoms with Gasteiger partial charge in [-0.1, -0.05) is 42.5 Å². The lowest BCUT2D eigenvalue weighted by Gasteiger charge is -2.07. The number of aryl methyl sites for hydroxylation is 1. The molecule has 0 atom stereocenters. The van der Waals surface area contributed by atoms with E-state index in [2.05, 4.69) is 5.32 Å². The van der Waals surface area contributed by atoms with Crippen molar-refractivity contribution in [2.75, 3.05) is 6.54 Å². The van der Waals surface area contributed by atoms with Gasteiger partial charge in [0.2, 0.25) is 0 Å². The van der Waals surface area contributed by atoms with Crippen LogP contribution in [0.1, 0.15) is 16.7 Å². The van der Waals surface area contributed by atoms with Crippen molar-refractivity contribution in [2.45, 2.75) is 20.0 Å². The predicted octanol–water partition coefficient (Wildman–Crippen LogP) is 3.37. The number of carbonyl (C=O) groups is 1. The third-order valence-electron chi connectivity index (χ3n) is 3.37. The maximum absolute atomic E-state index is 11.6. The fourth-order valence-electron chi connectivity index (χ4n) is 2.09. The average Bonchev–Trinajstić information content (AvgIpc) is 2.55. The molecule has 0 aliphatic carbocycles. The van der Waals surface area contributed by atoms with Crippen molar-refractivity contribution in [2.24, 2.45) is 0 Å². The fourth-order valence-corrected chi connectivity index (χ4v) is 2.09. The van der Waals surface area contributed by atoms with Gasteiger partial charge in [0.15, 0.2) is 0 Å². The Labute approximate surface area is 134 Å². The molecule has 0 aromatic heterocycles. The first kappa shape index (κ1) is 16.5. The Kier molecular flexibility index (Phi) is 5.68. The second kappa shape index (κ2) is 7.93. The summed E-state index contributed by atoms with van der Waals surface area (Å²) in [5, 5.41) is 13.5. The molecule has 0 spiro atoms. The number of alkyl carbamates (subject to hydrolysis) is 1. The molecule has 0 saturated carbocycles. The second-order valence-electron chi connectivity index (χ2n) is 5.12. The minimum absolute atomic E-state index is 0.0918. The Bertz CT molecular complexity index is 686. The molecule has 0 heterocycles. The van der Waals surface area contributed by atoms with Crippen LogP contribution in [0.2, 0.25) is 0 Å². The summed E-state index contributed by atoms with van der Waals surface area (Å²) in [6.45, 7) is 2.26. The van der Waals surface area contributed by atoms with Crippen LogP contribution in [0.25, 0.3) is 0 Å². The molecule has 1 amide bonds. The van der Waals surface area contributed by atoms with E-state index in [0.717, 1.165) is 11.1 Å². The van der Waals surface area contributed by atoms with Crippen LogP contribution in [0.5, 0.6) is 0 Å². The van der Waals surface area contributed by atoms with Gasteiger partial charge in [-0.05, 0) is 24.5 Å². The quantitative estimate of drug-likeness (QED) is 0.654. The smallest absolute Gasteiger partial charge is 0.407 e. The van der Waals surface area contributed by atoms with Gasteiger partial charge in [-0.3, -0.25) is 10.1 Å². The molecular formula is C17H18N2O4. The molecule has 1 N–H and O–H groups in total. The number of nitro benzene ring substituents is 1. The standard InChI is InChI=1S/C17H18N2O4/c1-13-7-8-14(11-16(13)19(21)22)9-10-18-17(20)23-12-15-5-3-2-4-6-15/h2-8,11H,9-10,12H2,1H3,(H,18,20). The van der Waals surface area contributed by atoms with Crippen LogP contribution in [0.4, 0.5) is 10.5 Å². The molecule has 0 fully saturated rings. The molecule has 120 valence electrons. The zero-order chi connectivity index (χ0) is 16.7. The molecule has 6 nitrogen and oxygen atoms in total. The lowest BCUT2D eigenvalue weighted by atomic mass is 10.1. The Morgan fingerprint density at radius 2 is 1.91 bits per heavy atom. The van der Waals surface area contributed by atoms with Crippen LogP contribution >= 0.6 is 0 Å². The number of rotatable bonds is 6. The molecule has 0 bridgehead atoms. The molecule has 23 heavy (non-hydrogen) atoms. The van der Waals surface area contributed by atoms with E-state index in [0.29, 0.717) is 18.5 Å². The van der Waals surface area contributed by atoms with E-state index in [9.17, 15) is 14.9 Å². The van der Waals surface area contributed by atoms with Gasteiger partial charge in [0.25, 0.3) is 5.69 Å². The van der Waals surface area contributed by atoms with Gasteiger partial charge in [0.1, 0.15) is 6.61 Å². The fraction of sp³-hybridized carbons (Fsp3) is 0.235. The summed E-state index contributed by atoms with van der Waals surface area (Å²) in [7, 11) is 0. The van der Waals surface area contributed by atoms with Gasteiger partial charge >= 0.3 is 6.09 Å². The molecule has 0 aliphatic heterocycles. The second-order valence-corrected chi connectivity index (χ2v) is 5.12. The van der Waals surface area contributed by atoms with Crippen LogP contribution in [0, 0.1) is 17.0 Å². The van der Waals surface area contributed by atoms with Gasteiger partial charge < -0.3 is 10.1 Å². The number of carbonyl (C=O) groups excluding carboxylic acids is 1. The molecule has 2 aromatic carbocycles. The van der Waals surface area contributed by atoms with Crippen molar-refractivity contribution >= 4 is 11.8 Å². The number of ether oxygens (including phenoxy) is 1. The first-order valence-electron chi connectivity index (χ1n) is 7.25. The van der Waals surface area contributed by atoms with Crippen molar-refractivity contribution in [3.8, 4) is 0 Å². The Balaban J connectivity index is 1.77. The Morgan fingerprint density at radius 3 is 2.61 bits per heavy atom. The first-order valence-corrected chi connectivity index (χ1v) is 7.25. The van der Waals surface area contributed by atoms with Crippen molar-refractivity contribution in [3.63, 3.8) is 0 Å². The molecule has 0 saturated heterocycles. The summed E-state index contributed by atoms with van der Waals surface area (Å²) in [4.78, 5) is 22.1. The highest BCUT2D eigenvalue weighted by atomic mass is 16.6. The van der Waals surface area contributed by atoms with E-state index in [1.807, 2.05) is 36.4 Å². The Morgan fingerprint density at radius 1 is 1.17 bits per heavy atom. The lowest BCUT2D eigenvalue weighted by molar-refractivity contribution is -0.385. The average molecular weight is 314 g/mol. The highest BCUT2D eigenvalue weighted by Gasteiger charge is 2.11. The third kappa shape index (κ3) is 5.10. The number of hydrogen-bond donors (Lipinski definition) is 1. The van der Waals surface area contributed by atoms with Crippen LogP contribution in [-0.4, -0.2) is 17.6 Å². The number of nitrogens with zero attached hydrogens (tertiary/aromatic N) is 1. The first-order chi connectivity index (χ1) is 11.1. The van der Waals surface area contributed by atoms with Crippen LogP contribution < -0.4 is 5.32 Å². The van der Waals surface area contributed by atoms with E-state index in [1.165, 1.54) is 6.07 Å². The molecule has 0 unspecified atom stereocenters. The van der Waals surface area contributed by atoms with Gasteiger partial charge in [-0.2, -0.15) is 0 Å². The van der Waals surface area contributed by atoms with Crippen molar-refractivity contribution < 1.29 is 14.5 Å². The van der Waals surface area contributed by atoms with Crippen molar-refractivity contribution in [3.05, 3.63) is 75.3 Å². The normalized spacial score (nSPS) is 10.1. The number of hydrogen-bond acceptors (Lipinski definition) is 4. The highest BCUT2D eigenvalue weighted by Crippen LogP contribution is 2.19. The number of benzene rings is 2. The van der Waals surface area contributed by atoms with Gasteiger partial charge in [0.05, 0.1) is 4.92 Å². The van der Waals surface area contributed by atoms with Gasteiger partial charge in [-0.25, -0.2) is 4.79 Å². The summed E-state index contributed by atoms with van der Waals surface area (Å²) < 4.78 is 5.09. The van der Waals surface area contributed by atoms with E-state index in [1.54, 1.807) is 13.0 Å². The predicted molar refractivity (Wildman–Crippen MR) is 86.2 cm³/mol. The van der Waals surface area contributed by atoms with E-state index >= 15 is 0 Å². The summed E-state index contributed by atoms with van der Waals surface area (Å²) >= 11 is 0. The number of nitrogens with one attached hydrogen (secondary N) is 1. The van der Waals surface area contributed by atoms with E-state index in [-0.39, 0.29) is 12.3 Å². The minimum Gasteiger partial charge on any atom is -0.445 e. The van der Waals surface area contributed by atoms with Crippen LogP contribution in [0.15, 0.2) is 48.5 Å². The highest BCUT2D eigenvalue weighted by molar-refractivity contribution is 5.67. The number of amides is 1. The number of nitro groups is 1. The zero-order valence-electron chi connectivity index (χ0n) is 12.8. The molecular weight excluding hydrogens is 296 g/mol. The van der Waals surface area contributed by atoms with E-state index < -0.39 is 11.0 Å². The minimum atomic E-state index is -0.504. The summed E-state index contributed by atoms with van der Waals surface area (Å²) in [6.07, 6.45) is -0.00265. The zero-order valence-corrected chi connectivity index (χ0v) is 12.8. The lowest BCUT2D eigenvalue weighted by Crippen LogP contribution is -2.26. The van der Waals surface area contributed by atoms with Crippen molar-refractivity contribution in [1.82, 2.24) is 5.32 Å². The van der Waals surface area contributed by atoms with Crippen molar-refractivity contribution in [1.29, 1.82) is 0 Å². The van der Waals surface area contributed by atoms with Gasteiger partial charge in [0, 0.05) is 18.2 Å². The summed E-state index contributed by atoms with van der Waals surface area (Å²) in [5.41, 5.74) is 2.42. The van der Waals surface area contributed by atoms with E-state index in [4.69, 9.17) is 4.74 Å².